The van der Waals surface area contributed by atoms with Gasteiger partial charge in [0.15, 0.2) is 0 Å². The van der Waals surface area contributed by atoms with Crippen molar-refractivity contribution in [2.45, 2.75) is 137 Å². The van der Waals surface area contributed by atoms with Crippen LogP contribution in [-0.2, 0) is 54.7 Å². The van der Waals surface area contributed by atoms with Crippen molar-refractivity contribution in [3.8, 4) is 28.4 Å². The van der Waals surface area contributed by atoms with E-state index in [4.69, 9.17) is 9.72 Å². The molecule has 0 saturated carbocycles. The zero-order valence-corrected chi connectivity index (χ0v) is 45.7. The van der Waals surface area contributed by atoms with Gasteiger partial charge in [0.1, 0.15) is 5.82 Å². The summed E-state index contributed by atoms with van der Waals surface area (Å²) < 4.78 is 8.90. The topological polar surface area (TPSA) is 33.5 Å². The van der Waals surface area contributed by atoms with Gasteiger partial charge in [-0.25, -0.2) is 4.98 Å². The smallest absolute Gasteiger partial charge is 0.135 e. The molecule has 3 heterocycles. The second-order valence-electron chi connectivity index (χ2n) is 24.1. The van der Waals surface area contributed by atoms with Gasteiger partial charge in [0, 0.05) is 62.2 Å². The molecule has 5 nitrogen and oxygen atoms in total. The maximum atomic E-state index is 6.70. The predicted molar refractivity (Wildman–Crippen MR) is 287 cm³/mol. The summed E-state index contributed by atoms with van der Waals surface area (Å²) in [6.45, 7) is 37.3. The number of benzene rings is 6. The molecule has 0 saturated heterocycles. The van der Waals surface area contributed by atoms with Gasteiger partial charge < -0.3 is 19.1 Å². The van der Waals surface area contributed by atoms with Crippen LogP contribution < -0.4 is 14.5 Å². The van der Waals surface area contributed by atoms with Crippen molar-refractivity contribution in [1.82, 2.24) is 9.55 Å². The minimum atomic E-state index is -0.0400. The molecule has 1 aliphatic rings. The molecule has 0 unspecified atom stereocenters. The molecule has 8 aromatic rings. The first-order valence-electron chi connectivity index (χ1n) is 24.3. The number of hydrogen-bond donors (Lipinski definition) is 0. The predicted octanol–water partition coefficient (Wildman–Crippen LogP) is 17.0. The zero-order chi connectivity index (χ0) is 48.7. The van der Waals surface area contributed by atoms with Gasteiger partial charge in [0.05, 0.1) is 0 Å². The Morgan fingerprint density at radius 3 is 1.75 bits per heavy atom. The summed E-state index contributed by atoms with van der Waals surface area (Å²) >= 11 is 0. The van der Waals surface area contributed by atoms with E-state index < -0.39 is 0 Å². The van der Waals surface area contributed by atoms with Crippen molar-refractivity contribution in [3.63, 3.8) is 0 Å². The first kappa shape index (κ1) is 49.8. The fourth-order valence-electron chi connectivity index (χ4n) is 9.18. The molecule has 2 aromatic heterocycles. The maximum Gasteiger partial charge on any atom is 0.135 e. The van der Waals surface area contributed by atoms with Gasteiger partial charge in [-0.15, -0.1) is 41.4 Å². The van der Waals surface area contributed by atoms with Crippen molar-refractivity contribution in [1.29, 1.82) is 0 Å². The van der Waals surface area contributed by atoms with E-state index in [1.165, 1.54) is 44.5 Å². The van der Waals surface area contributed by atoms with Crippen LogP contribution in [0.4, 0.5) is 17.1 Å². The summed E-state index contributed by atoms with van der Waals surface area (Å²) in [5, 5.41) is 2.25. The summed E-state index contributed by atoms with van der Waals surface area (Å²) in [5.41, 5.74) is 15.4. The molecular formula is C63H69N4OPt-3. The fraction of sp³-hybridized carbons (Fsp3) is 0.333. The number of anilines is 3. The molecule has 360 valence electrons. The van der Waals surface area contributed by atoms with Crippen LogP contribution in [-0.4, -0.2) is 9.55 Å². The second kappa shape index (κ2) is 18.0. The van der Waals surface area contributed by atoms with Crippen LogP contribution in [0, 0.1) is 18.8 Å². The van der Waals surface area contributed by atoms with E-state index in [2.05, 4.69) is 246 Å². The van der Waals surface area contributed by atoms with Gasteiger partial charge in [-0.2, -0.15) is 18.8 Å². The number of hydrogen-bond acceptors (Lipinski definition) is 4. The van der Waals surface area contributed by atoms with Crippen LogP contribution in [0.1, 0.15) is 137 Å². The molecule has 9 rings (SSSR count). The van der Waals surface area contributed by atoms with E-state index in [0.29, 0.717) is 18.0 Å². The third-order valence-corrected chi connectivity index (χ3v) is 13.5. The second-order valence-corrected chi connectivity index (χ2v) is 24.1. The number of fused-ring (bicyclic) bond motifs is 4. The van der Waals surface area contributed by atoms with Crippen LogP contribution >= 0.6 is 0 Å². The summed E-state index contributed by atoms with van der Waals surface area (Å²) in [6.07, 6.45) is 1.91. The molecule has 6 heteroatoms. The first-order valence-corrected chi connectivity index (χ1v) is 24.3. The Labute approximate surface area is 427 Å². The molecule has 69 heavy (non-hydrogen) atoms. The van der Waals surface area contributed by atoms with Gasteiger partial charge in [-0.05, 0) is 113 Å². The van der Waals surface area contributed by atoms with Crippen LogP contribution in [0.3, 0.4) is 0 Å². The largest absolute Gasteiger partial charge is 0.509 e. The molecule has 1 aliphatic heterocycles. The average Bonchev–Trinajstić information content (AvgIpc) is 3.79. The Morgan fingerprint density at radius 1 is 0.507 bits per heavy atom. The average molecular weight is 1090 g/mol. The van der Waals surface area contributed by atoms with Crippen LogP contribution in [0.15, 0.2) is 128 Å². The van der Waals surface area contributed by atoms with Gasteiger partial charge >= 0.3 is 0 Å². The molecule has 0 fully saturated rings. The monoisotopic (exact) mass is 1090 g/mol. The molecule has 0 amide bonds. The first-order chi connectivity index (χ1) is 31.8. The molecule has 0 spiro atoms. The van der Waals surface area contributed by atoms with E-state index in [0.717, 1.165) is 44.7 Å². The molecule has 6 aromatic carbocycles. The molecule has 0 N–H and O–H groups in total. The van der Waals surface area contributed by atoms with Crippen molar-refractivity contribution in [3.05, 3.63) is 180 Å². The van der Waals surface area contributed by atoms with Crippen molar-refractivity contribution >= 4 is 38.9 Å². The third kappa shape index (κ3) is 10.2. The van der Waals surface area contributed by atoms with Gasteiger partial charge in [0.25, 0.3) is 0 Å². The number of rotatable bonds is 7. The van der Waals surface area contributed by atoms with Crippen molar-refractivity contribution in [2.75, 3.05) is 9.80 Å². The third-order valence-electron chi connectivity index (χ3n) is 13.5. The number of ether oxygens (including phenoxy) is 1. The quantitative estimate of drug-likeness (QED) is 0.149. The van der Waals surface area contributed by atoms with E-state index in [1.54, 1.807) is 0 Å². The minimum absolute atomic E-state index is 0. The Kier molecular flexibility index (Phi) is 12.9. The van der Waals surface area contributed by atoms with Gasteiger partial charge in [-0.1, -0.05) is 164 Å². The summed E-state index contributed by atoms with van der Waals surface area (Å²) in [7, 11) is 0. The zero-order valence-electron chi connectivity index (χ0n) is 43.4. The minimum Gasteiger partial charge on any atom is -0.509 e. The van der Waals surface area contributed by atoms with Crippen molar-refractivity contribution < 1.29 is 25.8 Å². The molecule has 0 atom stereocenters. The molecule has 0 aliphatic carbocycles. The van der Waals surface area contributed by atoms with Crippen LogP contribution in [0.2, 0.25) is 0 Å². The van der Waals surface area contributed by atoms with E-state index in [1.807, 2.05) is 18.3 Å². The number of nitrogens with zero attached hydrogens (tertiary/aromatic N) is 4. The van der Waals surface area contributed by atoms with E-state index in [-0.39, 0.29) is 48.1 Å². The summed E-state index contributed by atoms with van der Waals surface area (Å²) in [5.74, 6) is 2.09. The maximum absolute atomic E-state index is 6.70. The Bertz CT molecular complexity index is 3160. The SMILES string of the molecule is CC(C)(C)c1cc(CN2[CH-]N(c3[c-]c(Oc4[c-]c5c(cc4)c4ccccc4n5-c4cc(C(C)(C)C)ccn4)ccc3)c3cc(C(C)(C)C)ccc32)cc(-c2cc(C(C)(C)C)cc(C(C)(C)C)c2)c1.[Pt]. The number of aromatic nitrogens is 2. The number of para-hydroxylation sites is 1. The standard InChI is InChI=1S/C63H69N4O.Pt/c1-59(2,3)44-23-26-55-57(35-44)66(40-65(55)39-41-29-42(31-46(30-41)61(7,8)9)43-32-47(62(10,11)12)34-48(33-43)63(13,14)15)49-19-18-20-50(37-49)68-51-24-25-53-52-21-16-17-22-54(52)67(56(53)38-51)58-36-45(27-28-64-58)60(4,5)6;/h16-36,40H,39H2,1-15H3;/q-3;. The number of pyridine rings is 1. The van der Waals surface area contributed by atoms with Gasteiger partial charge in [0.2, 0.25) is 0 Å². The summed E-state index contributed by atoms with van der Waals surface area (Å²) in [4.78, 5) is 9.54. The molecule has 0 radical (unpaired) electrons. The van der Waals surface area contributed by atoms with Crippen LogP contribution in [0.25, 0.3) is 38.8 Å². The Balaban J connectivity index is 0.00000642. The van der Waals surface area contributed by atoms with Crippen molar-refractivity contribution in [2.24, 2.45) is 0 Å². The summed E-state index contributed by atoms with van der Waals surface area (Å²) in [6, 6.07) is 51.8. The Hall–Kier alpha value is -5.64. The molecular weight excluding hydrogens is 1020 g/mol. The van der Waals surface area contributed by atoms with E-state index in [9.17, 15) is 0 Å². The Morgan fingerprint density at radius 2 is 1.10 bits per heavy atom. The fourth-order valence-corrected chi connectivity index (χ4v) is 9.18. The van der Waals surface area contributed by atoms with Gasteiger partial charge in [-0.3, -0.25) is 0 Å². The van der Waals surface area contributed by atoms with E-state index >= 15 is 0 Å². The normalized spacial score (nSPS) is 13.6. The van der Waals surface area contributed by atoms with Crippen LogP contribution in [0.5, 0.6) is 11.5 Å². The molecule has 0 bridgehead atoms.